The molecule has 2 heterocycles. The molecule has 9 heteroatoms. The van der Waals surface area contributed by atoms with E-state index in [0.717, 1.165) is 8.95 Å². The maximum absolute atomic E-state index is 13.3. The summed E-state index contributed by atoms with van der Waals surface area (Å²) in [5.41, 5.74) is 2.98. The van der Waals surface area contributed by atoms with Gasteiger partial charge in [-0.3, -0.25) is 19.3 Å². The van der Waals surface area contributed by atoms with Crippen LogP contribution in [-0.4, -0.2) is 35.2 Å². The Bertz CT molecular complexity index is 1720. The number of aromatic nitrogens is 1. The molecule has 1 fully saturated rings. The molecule has 0 spiro atoms. The number of amides is 2. The number of esters is 1. The van der Waals surface area contributed by atoms with Gasteiger partial charge in [0.2, 0.25) is 11.8 Å². The van der Waals surface area contributed by atoms with Crippen molar-refractivity contribution in [2.24, 2.45) is 11.8 Å². The van der Waals surface area contributed by atoms with E-state index in [9.17, 15) is 19.2 Å². The van der Waals surface area contributed by atoms with Gasteiger partial charge in [-0.25, -0.2) is 9.78 Å². The monoisotopic (exact) mass is 672 g/mol. The smallest absolute Gasteiger partial charge is 0.339 e. The summed E-state index contributed by atoms with van der Waals surface area (Å²) in [7, 11) is 0. The van der Waals surface area contributed by atoms with Crippen molar-refractivity contribution in [3.63, 3.8) is 0 Å². The first-order valence-electron chi connectivity index (χ1n) is 13.0. The number of pyridine rings is 1. The lowest BCUT2D eigenvalue weighted by Crippen LogP contribution is -2.30. The number of hydrogen-bond donors (Lipinski definition) is 0. The first kappa shape index (κ1) is 27.2. The predicted octanol–water partition coefficient (Wildman–Crippen LogP) is 6.92. The number of carbonyl (C=O) groups excluding carboxylic acids is 4. The zero-order valence-corrected chi connectivity index (χ0v) is 24.7. The summed E-state index contributed by atoms with van der Waals surface area (Å²) in [6.07, 6.45) is 5.08. The summed E-state index contributed by atoms with van der Waals surface area (Å²) in [5, 5.41) is 0.574. The molecule has 0 N–H and O–H groups in total. The van der Waals surface area contributed by atoms with Crippen LogP contribution in [0.4, 0.5) is 5.69 Å². The van der Waals surface area contributed by atoms with Crippen LogP contribution in [0.5, 0.6) is 0 Å². The van der Waals surface area contributed by atoms with Gasteiger partial charge < -0.3 is 4.74 Å². The summed E-state index contributed by atoms with van der Waals surface area (Å²) in [6, 6.07) is 20.8. The number of allylic oxidation sites excluding steroid dienone is 2. The van der Waals surface area contributed by atoms with Crippen LogP contribution >= 0.6 is 31.9 Å². The molecule has 41 heavy (non-hydrogen) atoms. The molecule has 2 amide bonds. The van der Waals surface area contributed by atoms with Gasteiger partial charge in [0.1, 0.15) is 0 Å². The van der Waals surface area contributed by atoms with Crippen LogP contribution in [0.2, 0.25) is 0 Å². The number of ether oxygens (including phenoxy) is 1. The van der Waals surface area contributed by atoms with Crippen molar-refractivity contribution < 1.29 is 23.9 Å². The largest absolute Gasteiger partial charge is 0.454 e. The number of halogens is 2. The van der Waals surface area contributed by atoms with Gasteiger partial charge in [-0.1, -0.05) is 68.3 Å². The molecule has 0 bridgehead atoms. The van der Waals surface area contributed by atoms with Crippen LogP contribution < -0.4 is 4.90 Å². The molecule has 4 aromatic rings. The van der Waals surface area contributed by atoms with E-state index in [2.05, 4.69) is 31.9 Å². The van der Waals surface area contributed by atoms with E-state index in [1.807, 2.05) is 18.2 Å². The molecular weight excluding hydrogens is 652 g/mol. The summed E-state index contributed by atoms with van der Waals surface area (Å²) in [5.74, 6) is -1.93. The van der Waals surface area contributed by atoms with Crippen molar-refractivity contribution in [1.82, 2.24) is 4.98 Å². The van der Waals surface area contributed by atoms with Gasteiger partial charge in [0.25, 0.3) is 0 Å². The van der Waals surface area contributed by atoms with Crippen molar-refractivity contribution in [3.05, 3.63) is 105 Å². The number of nitrogens with zero attached hydrogens (tertiary/aromatic N) is 2. The molecule has 0 radical (unpaired) electrons. The average molecular weight is 674 g/mol. The molecule has 1 aliphatic heterocycles. The molecule has 6 rings (SSSR count). The van der Waals surface area contributed by atoms with Gasteiger partial charge in [-0.15, -0.1) is 0 Å². The summed E-state index contributed by atoms with van der Waals surface area (Å²) < 4.78 is 7.05. The fourth-order valence-corrected chi connectivity index (χ4v) is 5.90. The molecule has 1 aliphatic carbocycles. The minimum absolute atomic E-state index is 0.172. The van der Waals surface area contributed by atoms with E-state index in [0.29, 0.717) is 46.3 Å². The second kappa shape index (κ2) is 11.1. The van der Waals surface area contributed by atoms with Crippen molar-refractivity contribution in [3.8, 4) is 11.3 Å². The second-order valence-electron chi connectivity index (χ2n) is 9.94. The van der Waals surface area contributed by atoms with Crippen LogP contribution in [-0.2, 0) is 14.3 Å². The van der Waals surface area contributed by atoms with E-state index in [-0.39, 0.29) is 35.0 Å². The summed E-state index contributed by atoms with van der Waals surface area (Å²) >= 11 is 6.79. The number of rotatable bonds is 6. The molecule has 3 aromatic carbocycles. The van der Waals surface area contributed by atoms with Gasteiger partial charge in [0, 0.05) is 25.5 Å². The van der Waals surface area contributed by atoms with Crippen LogP contribution in [0.3, 0.4) is 0 Å². The van der Waals surface area contributed by atoms with Gasteiger partial charge >= 0.3 is 5.97 Å². The van der Waals surface area contributed by atoms with E-state index in [4.69, 9.17) is 9.72 Å². The van der Waals surface area contributed by atoms with E-state index >= 15 is 0 Å². The highest BCUT2D eigenvalue weighted by Gasteiger charge is 2.47. The Balaban J connectivity index is 1.28. The van der Waals surface area contributed by atoms with Crippen LogP contribution in [0.1, 0.15) is 33.6 Å². The topological polar surface area (TPSA) is 93.6 Å². The van der Waals surface area contributed by atoms with E-state index in [1.54, 1.807) is 66.7 Å². The van der Waals surface area contributed by atoms with Crippen molar-refractivity contribution in [2.45, 2.75) is 12.8 Å². The van der Waals surface area contributed by atoms with Gasteiger partial charge in [0.05, 0.1) is 34.3 Å². The molecule has 1 saturated heterocycles. The van der Waals surface area contributed by atoms with Gasteiger partial charge in [-0.05, 0) is 61.4 Å². The highest BCUT2D eigenvalue weighted by molar-refractivity contribution is 9.10. The molecule has 0 saturated carbocycles. The third-order valence-electron chi connectivity index (χ3n) is 7.42. The molecular formula is C32H22Br2N2O5. The molecule has 2 aliphatic rings. The van der Waals surface area contributed by atoms with Crippen LogP contribution in [0, 0.1) is 11.8 Å². The van der Waals surface area contributed by atoms with E-state index in [1.165, 1.54) is 4.90 Å². The molecule has 7 nitrogen and oxygen atoms in total. The Kier molecular flexibility index (Phi) is 7.40. The lowest BCUT2D eigenvalue weighted by molar-refractivity contribution is -0.122. The number of hydrogen-bond acceptors (Lipinski definition) is 6. The van der Waals surface area contributed by atoms with Crippen molar-refractivity contribution >= 4 is 72.0 Å². The number of fused-ring (bicyclic) bond motifs is 2. The number of imide groups is 1. The number of benzene rings is 3. The highest BCUT2D eigenvalue weighted by Crippen LogP contribution is 2.38. The first-order valence-corrected chi connectivity index (χ1v) is 14.6. The number of ketones is 1. The zero-order chi connectivity index (χ0) is 28.7. The van der Waals surface area contributed by atoms with Crippen LogP contribution in [0.25, 0.3) is 22.2 Å². The maximum Gasteiger partial charge on any atom is 0.339 e. The fourth-order valence-electron chi connectivity index (χ4n) is 5.28. The third-order valence-corrected chi connectivity index (χ3v) is 8.44. The predicted molar refractivity (Wildman–Crippen MR) is 161 cm³/mol. The Labute approximate surface area is 252 Å². The summed E-state index contributed by atoms with van der Waals surface area (Å²) in [4.78, 5) is 57.9. The van der Waals surface area contributed by atoms with Gasteiger partial charge in [-0.2, -0.15) is 0 Å². The molecule has 2 atom stereocenters. The lowest BCUT2D eigenvalue weighted by atomic mass is 9.85. The lowest BCUT2D eigenvalue weighted by Gasteiger charge is -2.15. The van der Waals surface area contributed by atoms with Crippen LogP contribution in [0.15, 0.2) is 93.9 Å². The molecule has 1 aromatic heterocycles. The number of Topliss-reactive ketones (excluding diaryl/α,β-unsaturated/α-hetero) is 1. The fraction of sp³-hybridized carbons (Fsp3) is 0.156. The van der Waals surface area contributed by atoms with Crippen molar-refractivity contribution in [2.75, 3.05) is 11.5 Å². The molecule has 0 unspecified atom stereocenters. The normalized spacial score (nSPS) is 18.0. The Morgan fingerprint density at radius 3 is 2.12 bits per heavy atom. The zero-order valence-electron chi connectivity index (χ0n) is 21.6. The highest BCUT2D eigenvalue weighted by atomic mass is 79.9. The maximum atomic E-state index is 13.3. The van der Waals surface area contributed by atoms with Crippen molar-refractivity contribution in [1.29, 1.82) is 0 Å². The second-order valence-corrected chi connectivity index (χ2v) is 11.8. The Morgan fingerprint density at radius 1 is 0.829 bits per heavy atom. The SMILES string of the molecule is O=C(COC(=O)c1cc(-c2ccc(N3C(=O)[C@H]4CC=CC[C@H]4C3=O)cc2)nc2ccc(Br)cc12)c1ccc(Br)cc1. The minimum atomic E-state index is -0.650. The number of anilines is 1. The third kappa shape index (κ3) is 5.27. The molecule has 204 valence electrons. The number of carbonyl (C=O) groups is 4. The first-order chi connectivity index (χ1) is 19.8. The minimum Gasteiger partial charge on any atom is -0.454 e. The quantitative estimate of drug-likeness (QED) is 0.0955. The van der Waals surface area contributed by atoms with Gasteiger partial charge in [0.15, 0.2) is 12.4 Å². The van der Waals surface area contributed by atoms with E-state index < -0.39 is 12.6 Å². The average Bonchev–Trinajstić information content (AvgIpc) is 3.25. The Morgan fingerprint density at radius 2 is 1.46 bits per heavy atom. The standard InChI is InChI=1S/C32H22Br2N2O5/c33-20-9-5-19(6-10-20)29(37)17-41-32(40)26-16-28(35-27-14-11-21(34)15-25(26)27)18-7-12-22(13-8-18)36-30(38)23-3-1-2-4-24(23)31(36)39/h1-2,5-16,23-24H,3-4,17H2/t23-,24+. The Hall–Kier alpha value is -3.95. The summed E-state index contributed by atoms with van der Waals surface area (Å²) in [6.45, 7) is -0.405.